The molecule has 0 radical (unpaired) electrons. The van der Waals surface area contributed by atoms with Gasteiger partial charge in [0.25, 0.3) is 0 Å². The zero-order valence-electron chi connectivity index (χ0n) is 8.42. The normalized spacial score (nSPS) is 27.1. The number of nitrogens with zero attached hydrogens (tertiary/aromatic N) is 1. The third-order valence-electron chi connectivity index (χ3n) is 2.53. The molecule has 0 aliphatic heterocycles. The van der Waals surface area contributed by atoms with E-state index in [1.807, 2.05) is 7.05 Å². The molecular weight excluding hydrogens is 166 g/mol. The highest BCUT2D eigenvalue weighted by Crippen LogP contribution is 2.25. The third kappa shape index (κ3) is 3.32. The molecule has 0 unspecified atom stereocenters. The van der Waals surface area contributed by atoms with E-state index >= 15 is 0 Å². The average molecular weight is 185 g/mol. The van der Waals surface area contributed by atoms with Gasteiger partial charge in [0.05, 0.1) is 6.54 Å². The van der Waals surface area contributed by atoms with Crippen LogP contribution in [0.1, 0.15) is 12.8 Å². The Bertz CT molecular complexity index is 178. The smallest absolute Gasteiger partial charge is 0.233 e. The summed E-state index contributed by atoms with van der Waals surface area (Å²) in [5.41, 5.74) is 5.67. The van der Waals surface area contributed by atoms with Gasteiger partial charge in [0, 0.05) is 19.6 Å². The quantitative estimate of drug-likeness (QED) is 0.615. The van der Waals surface area contributed by atoms with E-state index in [-0.39, 0.29) is 5.91 Å². The molecule has 3 N–H and O–H groups in total. The van der Waals surface area contributed by atoms with Gasteiger partial charge in [-0.3, -0.25) is 9.69 Å². The summed E-state index contributed by atoms with van der Waals surface area (Å²) in [7, 11) is 3.63. The van der Waals surface area contributed by atoms with Gasteiger partial charge < -0.3 is 11.1 Å². The summed E-state index contributed by atoms with van der Waals surface area (Å²) in [6.07, 6.45) is 2.22. The van der Waals surface area contributed by atoms with Crippen molar-refractivity contribution in [1.29, 1.82) is 0 Å². The zero-order chi connectivity index (χ0) is 9.84. The van der Waals surface area contributed by atoms with Crippen LogP contribution < -0.4 is 11.1 Å². The van der Waals surface area contributed by atoms with Gasteiger partial charge >= 0.3 is 0 Å². The van der Waals surface area contributed by atoms with Crippen molar-refractivity contribution in [1.82, 2.24) is 10.2 Å². The number of rotatable bonds is 4. The topological polar surface area (TPSA) is 58.4 Å². The van der Waals surface area contributed by atoms with Crippen LogP contribution in [0.25, 0.3) is 0 Å². The van der Waals surface area contributed by atoms with Gasteiger partial charge in [-0.15, -0.1) is 0 Å². The predicted molar refractivity (Wildman–Crippen MR) is 52.3 cm³/mol. The van der Waals surface area contributed by atoms with Crippen LogP contribution in [-0.4, -0.2) is 44.0 Å². The first-order chi connectivity index (χ1) is 6.11. The minimum Gasteiger partial charge on any atom is -0.358 e. The largest absolute Gasteiger partial charge is 0.358 e. The van der Waals surface area contributed by atoms with Gasteiger partial charge in [0.2, 0.25) is 5.91 Å². The number of carbonyl (C=O) groups is 1. The molecule has 0 aromatic heterocycles. The number of nitrogens with one attached hydrogen (secondary N) is 1. The van der Waals surface area contributed by atoms with Crippen LogP contribution in [0, 0.1) is 5.92 Å². The van der Waals surface area contributed by atoms with Gasteiger partial charge in [0.15, 0.2) is 0 Å². The van der Waals surface area contributed by atoms with Crippen molar-refractivity contribution in [2.24, 2.45) is 11.7 Å². The summed E-state index contributed by atoms with van der Waals surface area (Å²) in [5.74, 6) is 0.774. The lowest BCUT2D eigenvalue weighted by atomic mass is 9.81. The standard InChI is InChI=1S/C9H19N3O/c1-11-9(13)6-12(2)5-7-3-8(10)4-7/h7-8H,3-6,10H2,1-2H3,(H,11,13). The molecule has 0 saturated heterocycles. The number of carbonyl (C=O) groups excluding carboxylic acids is 1. The Hall–Kier alpha value is -0.610. The number of hydrogen-bond acceptors (Lipinski definition) is 3. The molecule has 1 amide bonds. The first-order valence-electron chi connectivity index (χ1n) is 4.76. The Morgan fingerprint density at radius 1 is 1.62 bits per heavy atom. The summed E-state index contributed by atoms with van der Waals surface area (Å²) >= 11 is 0. The van der Waals surface area contributed by atoms with Gasteiger partial charge in [-0.2, -0.15) is 0 Å². The van der Waals surface area contributed by atoms with Crippen molar-refractivity contribution in [3.8, 4) is 0 Å². The van der Waals surface area contributed by atoms with Crippen molar-refractivity contribution in [2.75, 3.05) is 27.2 Å². The molecule has 1 fully saturated rings. The average Bonchev–Trinajstić information content (AvgIpc) is 2.01. The van der Waals surface area contributed by atoms with Crippen molar-refractivity contribution in [3.05, 3.63) is 0 Å². The van der Waals surface area contributed by atoms with E-state index in [1.165, 1.54) is 0 Å². The fourth-order valence-corrected chi connectivity index (χ4v) is 1.77. The van der Waals surface area contributed by atoms with Gasteiger partial charge in [-0.1, -0.05) is 0 Å². The fraction of sp³-hybridized carbons (Fsp3) is 0.889. The molecule has 0 bridgehead atoms. The molecule has 0 spiro atoms. The maximum Gasteiger partial charge on any atom is 0.233 e. The summed E-state index contributed by atoms with van der Waals surface area (Å²) in [4.78, 5) is 13.0. The Balaban J connectivity index is 2.11. The molecule has 0 aromatic carbocycles. The molecule has 1 aliphatic rings. The van der Waals surface area contributed by atoms with E-state index in [9.17, 15) is 4.79 Å². The van der Waals surface area contributed by atoms with Gasteiger partial charge in [0.1, 0.15) is 0 Å². The molecule has 4 heteroatoms. The summed E-state index contributed by atoms with van der Waals surface area (Å²) in [5, 5.41) is 2.61. The van der Waals surface area contributed by atoms with E-state index < -0.39 is 0 Å². The number of amides is 1. The lowest BCUT2D eigenvalue weighted by Gasteiger charge is -2.35. The highest BCUT2D eigenvalue weighted by atomic mass is 16.1. The number of likely N-dealkylation sites (N-methyl/N-ethyl adjacent to an activating group) is 2. The lowest BCUT2D eigenvalue weighted by Crippen LogP contribution is -2.43. The van der Waals surface area contributed by atoms with Gasteiger partial charge in [-0.05, 0) is 25.8 Å². The second-order valence-electron chi connectivity index (χ2n) is 3.97. The van der Waals surface area contributed by atoms with Crippen LogP contribution in [0.2, 0.25) is 0 Å². The van der Waals surface area contributed by atoms with Gasteiger partial charge in [-0.25, -0.2) is 0 Å². The van der Waals surface area contributed by atoms with Crippen molar-refractivity contribution >= 4 is 5.91 Å². The predicted octanol–water partition coefficient (Wildman–Crippen LogP) is -0.598. The maximum absolute atomic E-state index is 11.0. The fourth-order valence-electron chi connectivity index (χ4n) is 1.77. The van der Waals surface area contributed by atoms with Crippen molar-refractivity contribution < 1.29 is 4.79 Å². The number of hydrogen-bond donors (Lipinski definition) is 2. The molecule has 0 heterocycles. The van der Waals surface area contributed by atoms with Crippen LogP contribution in [0.5, 0.6) is 0 Å². The second-order valence-corrected chi connectivity index (χ2v) is 3.97. The third-order valence-corrected chi connectivity index (χ3v) is 2.53. The van der Waals surface area contributed by atoms with Crippen LogP contribution in [0.3, 0.4) is 0 Å². The lowest BCUT2D eigenvalue weighted by molar-refractivity contribution is -0.121. The van der Waals surface area contributed by atoms with E-state index in [0.29, 0.717) is 18.5 Å². The molecule has 1 saturated carbocycles. The molecule has 4 nitrogen and oxygen atoms in total. The molecule has 1 rings (SSSR count). The van der Waals surface area contributed by atoms with E-state index in [4.69, 9.17) is 5.73 Å². The van der Waals surface area contributed by atoms with Crippen LogP contribution in [-0.2, 0) is 4.79 Å². The SMILES string of the molecule is CNC(=O)CN(C)CC1CC(N)C1. The van der Waals surface area contributed by atoms with Crippen LogP contribution in [0.15, 0.2) is 0 Å². The van der Waals surface area contributed by atoms with Crippen LogP contribution in [0.4, 0.5) is 0 Å². The summed E-state index contributed by atoms with van der Waals surface area (Å²) < 4.78 is 0. The highest BCUT2D eigenvalue weighted by molar-refractivity contribution is 5.77. The van der Waals surface area contributed by atoms with Crippen LogP contribution >= 0.6 is 0 Å². The maximum atomic E-state index is 11.0. The van der Waals surface area contributed by atoms with Crippen molar-refractivity contribution in [3.63, 3.8) is 0 Å². The van der Waals surface area contributed by atoms with E-state index in [1.54, 1.807) is 7.05 Å². The summed E-state index contributed by atoms with van der Waals surface area (Å²) in [6.45, 7) is 1.48. The minimum atomic E-state index is 0.0751. The zero-order valence-corrected chi connectivity index (χ0v) is 8.42. The Labute approximate surface area is 79.5 Å². The first-order valence-corrected chi connectivity index (χ1v) is 4.76. The highest BCUT2D eigenvalue weighted by Gasteiger charge is 2.26. The van der Waals surface area contributed by atoms with E-state index in [2.05, 4.69) is 10.2 Å². The Morgan fingerprint density at radius 3 is 2.69 bits per heavy atom. The molecule has 0 atom stereocenters. The molecule has 13 heavy (non-hydrogen) atoms. The molecule has 0 aromatic rings. The second kappa shape index (κ2) is 4.58. The Morgan fingerprint density at radius 2 is 2.23 bits per heavy atom. The summed E-state index contributed by atoms with van der Waals surface area (Å²) in [6, 6.07) is 0.401. The molecule has 76 valence electrons. The van der Waals surface area contributed by atoms with E-state index in [0.717, 1.165) is 19.4 Å². The number of nitrogens with two attached hydrogens (primary N) is 1. The molecular formula is C9H19N3O. The molecule has 1 aliphatic carbocycles. The Kier molecular flexibility index (Phi) is 3.69. The van der Waals surface area contributed by atoms with Crippen molar-refractivity contribution in [2.45, 2.75) is 18.9 Å². The minimum absolute atomic E-state index is 0.0751. The first kappa shape index (κ1) is 10.5. The monoisotopic (exact) mass is 185 g/mol.